The van der Waals surface area contributed by atoms with E-state index in [1.54, 1.807) is 24.3 Å². The molecule has 1 aromatic rings. The first kappa shape index (κ1) is 12.0. The van der Waals surface area contributed by atoms with Gasteiger partial charge in [0.05, 0.1) is 6.54 Å². The number of aliphatic carboxylic acids is 1. The summed E-state index contributed by atoms with van der Waals surface area (Å²) in [7, 11) is 0. The van der Waals surface area contributed by atoms with Crippen LogP contribution in [0.3, 0.4) is 0 Å². The molecule has 92 valence electrons. The fourth-order valence-corrected chi connectivity index (χ4v) is 2.03. The van der Waals surface area contributed by atoms with Gasteiger partial charge in [0.1, 0.15) is 5.92 Å². The summed E-state index contributed by atoms with van der Waals surface area (Å²) in [4.78, 5) is 24.4. The van der Waals surface area contributed by atoms with Crippen molar-refractivity contribution in [1.82, 2.24) is 5.32 Å². The molecule has 1 atom stereocenters. The van der Waals surface area contributed by atoms with E-state index in [0.717, 1.165) is 0 Å². The van der Waals surface area contributed by atoms with Gasteiger partial charge in [-0.05, 0) is 11.6 Å². The molecule has 0 bridgehead atoms. The van der Waals surface area contributed by atoms with E-state index in [0.29, 0.717) is 11.3 Å². The number of hydrogen-bond acceptors (Lipinski definition) is 2. The van der Waals surface area contributed by atoms with E-state index in [-0.39, 0.29) is 19.1 Å². The van der Waals surface area contributed by atoms with Crippen molar-refractivity contribution in [2.24, 2.45) is 0 Å². The second kappa shape index (κ2) is 4.80. The molecule has 1 heterocycles. The Bertz CT molecular complexity index is 533. The molecule has 0 saturated carbocycles. The third kappa shape index (κ3) is 2.00. The van der Waals surface area contributed by atoms with Gasteiger partial charge in [-0.2, -0.15) is 0 Å². The first-order valence-corrected chi connectivity index (χ1v) is 5.45. The van der Waals surface area contributed by atoms with Crippen LogP contribution in [-0.2, 0) is 4.79 Å². The number of amides is 2. The molecular formula is C13H12N2O3. The molecule has 5 nitrogen and oxygen atoms in total. The highest BCUT2D eigenvalue weighted by atomic mass is 16.4. The standard InChI is InChI=1S/C13H12N2O3/c1-2-7-14-13(18)15-8-10(12(16)17)9-5-3-4-6-11(9)15/h1,3-6,10H,7-8H2,(H,14,18)(H,16,17). The number of carbonyl (C=O) groups is 2. The Kier molecular flexibility index (Phi) is 3.20. The van der Waals surface area contributed by atoms with Crippen LogP contribution >= 0.6 is 0 Å². The van der Waals surface area contributed by atoms with Gasteiger partial charge in [0.2, 0.25) is 0 Å². The molecule has 5 heteroatoms. The molecule has 0 saturated heterocycles. The Labute approximate surface area is 104 Å². The molecule has 0 spiro atoms. The third-order valence-electron chi connectivity index (χ3n) is 2.85. The summed E-state index contributed by atoms with van der Waals surface area (Å²) in [6.45, 7) is 0.250. The third-order valence-corrected chi connectivity index (χ3v) is 2.85. The Morgan fingerprint density at radius 3 is 2.89 bits per heavy atom. The van der Waals surface area contributed by atoms with E-state index in [9.17, 15) is 9.59 Å². The summed E-state index contributed by atoms with van der Waals surface area (Å²) in [6.07, 6.45) is 5.07. The van der Waals surface area contributed by atoms with Gasteiger partial charge in [0.15, 0.2) is 0 Å². The number of carboxylic acid groups (broad SMARTS) is 1. The fourth-order valence-electron chi connectivity index (χ4n) is 2.03. The number of hydrogen-bond donors (Lipinski definition) is 2. The van der Waals surface area contributed by atoms with Crippen LogP contribution in [0.2, 0.25) is 0 Å². The highest BCUT2D eigenvalue weighted by Gasteiger charge is 2.36. The van der Waals surface area contributed by atoms with Gasteiger partial charge in [-0.3, -0.25) is 9.69 Å². The summed E-state index contributed by atoms with van der Waals surface area (Å²) < 4.78 is 0. The Morgan fingerprint density at radius 2 is 2.22 bits per heavy atom. The van der Waals surface area contributed by atoms with Gasteiger partial charge >= 0.3 is 12.0 Å². The molecule has 0 radical (unpaired) electrons. The predicted octanol–water partition coefficient (Wildman–Crippen LogP) is 1.02. The average molecular weight is 244 g/mol. The molecule has 0 fully saturated rings. The van der Waals surface area contributed by atoms with E-state index in [2.05, 4.69) is 11.2 Å². The maximum atomic E-state index is 11.9. The Morgan fingerprint density at radius 1 is 1.50 bits per heavy atom. The summed E-state index contributed by atoms with van der Waals surface area (Å²) in [6, 6.07) is 6.61. The van der Waals surface area contributed by atoms with Crippen LogP contribution in [0.25, 0.3) is 0 Å². The van der Waals surface area contributed by atoms with Gasteiger partial charge in [0.25, 0.3) is 0 Å². The van der Waals surface area contributed by atoms with Crippen LogP contribution in [0.1, 0.15) is 11.5 Å². The average Bonchev–Trinajstić information content (AvgIpc) is 2.75. The van der Waals surface area contributed by atoms with Crippen LogP contribution in [0.15, 0.2) is 24.3 Å². The summed E-state index contributed by atoms with van der Waals surface area (Å²) >= 11 is 0. The van der Waals surface area contributed by atoms with E-state index >= 15 is 0 Å². The van der Waals surface area contributed by atoms with Crippen molar-refractivity contribution < 1.29 is 14.7 Å². The number of fused-ring (bicyclic) bond motifs is 1. The monoisotopic (exact) mass is 244 g/mol. The maximum absolute atomic E-state index is 11.9. The lowest BCUT2D eigenvalue weighted by molar-refractivity contribution is -0.138. The molecule has 1 unspecified atom stereocenters. The van der Waals surface area contributed by atoms with Gasteiger partial charge in [-0.1, -0.05) is 24.1 Å². The van der Waals surface area contributed by atoms with Crippen LogP contribution in [-0.4, -0.2) is 30.2 Å². The Balaban J connectivity index is 2.28. The number of terminal acetylenes is 1. The first-order chi connectivity index (χ1) is 8.65. The molecule has 1 aliphatic heterocycles. The van der Waals surface area contributed by atoms with Gasteiger partial charge in [0, 0.05) is 12.2 Å². The lowest BCUT2D eigenvalue weighted by atomic mass is 10.0. The van der Waals surface area contributed by atoms with Crippen molar-refractivity contribution in [3.05, 3.63) is 29.8 Å². The maximum Gasteiger partial charge on any atom is 0.322 e. The number of rotatable bonds is 2. The zero-order valence-electron chi connectivity index (χ0n) is 9.59. The number of benzene rings is 1. The molecule has 0 aromatic heterocycles. The van der Waals surface area contributed by atoms with E-state index in [1.807, 2.05) is 0 Å². The summed E-state index contributed by atoms with van der Waals surface area (Å²) in [5.41, 5.74) is 1.28. The molecule has 18 heavy (non-hydrogen) atoms. The normalized spacial score (nSPS) is 16.8. The topological polar surface area (TPSA) is 69.6 Å². The summed E-state index contributed by atoms with van der Waals surface area (Å²) in [5, 5.41) is 11.7. The van der Waals surface area contributed by atoms with Crippen molar-refractivity contribution in [3.8, 4) is 12.3 Å². The number of nitrogens with one attached hydrogen (secondary N) is 1. The number of urea groups is 1. The molecule has 1 aromatic carbocycles. The summed E-state index contributed by atoms with van der Waals surface area (Å²) in [5.74, 6) is 0.687. The SMILES string of the molecule is C#CCNC(=O)N1CC(C(=O)O)c2ccccc21. The minimum atomic E-state index is -0.935. The molecule has 2 amide bonds. The molecule has 2 N–H and O–H groups in total. The van der Waals surface area contributed by atoms with E-state index in [1.165, 1.54) is 4.90 Å². The van der Waals surface area contributed by atoms with Gasteiger partial charge in [-0.25, -0.2) is 4.79 Å². The number of anilines is 1. The second-order valence-corrected chi connectivity index (χ2v) is 3.92. The van der Waals surface area contributed by atoms with Gasteiger partial charge in [-0.15, -0.1) is 6.42 Å². The van der Waals surface area contributed by atoms with Crippen LogP contribution in [0, 0.1) is 12.3 Å². The lowest BCUT2D eigenvalue weighted by Gasteiger charge is -2.17. The highest BCUT2D eigenvalue weighted by Crippen LogP contribution is 2.36. The zero-order valence-corrected chi connectivity index (χ0v) is 9.59. The molecule has 1 aliphatic rings. The van der Waals surface area contributed by atoms with Crippen LogP contribution < -0.4 is 10.2 Å². The zero-order chi connectivity index (χ0) is 13.1. The molecule has 2 rings (SSSR count). The largest absolute Gasteiger partial charge is 0.481 e. The lowest BCUT2D eigenvalue weighted by Crippen LogP contribution is -2.40. The predicted molar refractivity (Wildman–Crippen MR) is 66.4 cm³/mol. The van der Waals surface area contributed by atoms with E-state index < -0.39 is 11.9 Å². The fraction of sp³-hybridized carbons (Fsp3) is 0.231. The highest BCUT2D eigenvalue weighted by molar-refractivity contribution is 5.98. The number of carboxylic acids is 1. The van der Waals surface area contributed by atoms with Crippen molar-refractivity contribution in [3.63, 3.8) is 0 Å². The smallest absolute Gasteiger partial charge is 0.322 e. The number of carbonyl (C=O) groups excluding carboxylic acids is 1. The number of nitrogens with zero attached hydrogens (tertiary/aromatic N) is 1. The van der Waals surface area contributed by atoms with Crippen molar-refractivity contribution in [2.45, 2.75) is 5.92 Å². The van der Waals surface area contributed by atoms with E-state index in [4.69, 9.17) is 11.5 Å². The van der Waals surface area contributed by atoms with Crippen LogP contribution in [0.4, 0.5) is 10.5 Å². The van der Waals surface area contributed by atoms with Crippen molar-refractivity contribution >= 4 is 17.7 Å². The minimum absolute atomic E-state index is 0.120. The van der Waals surface area contributed by atoms with Crippen LogP contribution in [0.5, 0.6) is 0 Å². The van der Waals surface area contributed by atoms with Gasteiger partial charge < -0.3 is 10.4 Å². The minimum Gasteiger partial charge on any atom is -0.481 e. The van der Waals surface area contributed by atoms with Crippen molar-refractivity contribution in [2.75, 3.05) is 18.0 Å². The Hall–Kier alpha value is -2.48. The molecule has 0 aliphatic carbocycles. The van der Waals surface area contributed by atoms with Crippen molar-refractivity contribution in [1.29, 1.82) is 0 Å². The quantitative estimate of drug-likeness (QED) is 0.763. The second-order valence-electron chi connectivity index (χ2n) is 3.92. The number of para-hydroxylation sites is 1. The first-order valence-electron chi connectivity index (χ1n) is 5.45. The molecular weight excluding hydrogens is 232 g/mol.